The average molecular weight is 814 g/mol. The highest BCUT2D eigenvalue weighted by atomic mass is 19.4. The van der Waals surface area contributed by atoms with Crippen LogP contribution in [0.5, 0.6) is 11.5 Å². The molecule has 10 nitrogen and oxygen atoms in total. The van der Waals surface area contributed by atoms with E-state index in [1.165, 1.54) is 44.9 Å². The highest BCUT2D eigenvalue weighted by molar-refractivity contribution is 5.82. The smallest absolute Gasteiger partial charge is 0.490 e. The number of hydrogen-bond acceptors (Lipinski definition) is 9. The number of allylic oxidation sites excluding steroid dienone is 2. The molecule has 1 spiro atoms. The minimum absolute atomic E-state index is 0.00895. The number of halogens is 3. The molecule has 2 aromatic rings. The third kappa shape index (κ3) is 10.1. The standard InChI is InChI=1S/C43H57NO7.C2HF3O2/c1-3-4-5-6-7-8-9-10-11-12-13-14-15-16-20-23-36(46)50-38(31-21-18-17-19-22-31)41(47)49-34-26-27-43(48)35-30-32-24-25-33(45)39-37(32)42(43,40(34)51-39)28-29-44(35)2;3-2(4,5)1(6)7/h10-11,17-19,21-22,24-26,35,38,40,45,48H,3-9,12-16,20,23,27-30H2,1-2H3;(H,6,7)/t35?,38-,40-,42-,43-;/m0./s1. The number of aliphatic carboxylic acids is 1. The molecule has 58 heavy (non-hydrogen) atoms. The van der Waals surface area contributed by atoms with E-state index in [0.29, 0.717) is 30.6 Å². The van der Waals surface area contributed by atoms with Gasteiger partial charge in [-0.2, -0.15) is 13.2 Å². The SMILES string of the molecule is CCCCCCCCC=CCCCCCCCC(=O)O[C@H](C(=O)OC1=CC[C@]2(O)C3Cc4ccc(O)c5c4[C@@]2(CCN3C)[C@H]1O5)c1ccccc1.O=C(O)C(F)(F)F. The van der Waals surface area contributed by atoms with Crippen LogP contribution in [-0.2, 0) is 35.7 Å². The van der Waals surface area contributed by atoms with Gasteiger partial charge in [0.2, 0.25) is 6.10 Å². The second-order valence-electron chi connectivity index (χ2n) is 15.9. The van der Waals surface area contributed by atoms with Crippen LogP contribution in [0.4, 0.5) is 13.2 Å². The number of likely N-dealkylation sites (tertiary alicyclic amines) is 1. The first-order valence-electron chi connectivity index (χ1n) is 20.8. The fourth-order valence-electron chi connectivity index (χ4n) is 9.02. The first-order valence-corrected chi connectivity index (χ1v) is 20.8. The normalized spacial score (nSPS) is 23.5. The van der Waals surface area contributed by atoms with E-state index in [9.17, 15) is 33.0 Å². The summed E-state index contributed by atoms with van der Waals surface area (Å²) in [4.78, 5) is 38.1. The number of piperidine rings is 1. The number of benzene rings is 2. The van der Waals surface area contributed by atoms with Crippen LogP contribution in [0.2, 0.25) is 0 Å². The van der Waals surface area contributed by atoms with E-state index in [1.54, 1.807) is 36.4 Å². The van der Waals surface area contributed by atoms with Crippen molar-refractivity contribution in [2.45, 2.75) is 152 Å². The zero-order valence-electron chi connectivity index (χ0n) is 33.6. The minimum atomic E-state index is -5.08. The van der Waals surface area contributed by atoms with Crippen molar-refractivity contribution in [1.29, 1.82) is 0 Å². The van der Waals surface area contributed by atoms with Gasteiger partial charge in [-0.25, -0.2) is 9.59 Å². The summed E-state index contributed by atoms with van der Waals surface area (Å²) >= 11 is 0. The number of aromatic hydroxyl groups is 1. The number of carboxylic acid groups (broad SMARTS) is 1. The van der Waals surface area contributed by atoms with Gasteiger partial charge in [0.1, 0.15) is 5.76 Å². The summed E-state index contributed by atoms with van der Waals surface area (Å²) in [6.07, 6.45) is 16.2. The first-order chi connectivity index (χ1) is 27.7. The quantitative estimate of drug-likeness (QED) is 0.0714. The van der Waals surface area contributed by atoms with E-state index in [4.69, 9.17) is 24.1 Å². The van der Waals surface area contributed by atoms with Crippen molar-refractivity contribution in [3.63, 3.8) is 0 Å². The van der Waals surface area contributed by atoms with Gasteiger partial charge in [0.25, 0.3) is 0 Å². The molecular formula is C45H58F3NO9. The number of carbonyl (C=O) groups excluding carboxylic acids is 2. The number of esters is 2. The van der Waals surface area contributed by atoms with Crippen LogP contribution in [0.15, 0.2) is 66.5 Å². The van der Waals surface area contributed by atoms with Crippen LogP contribution < -0.4 is 4.74 Å². The Morgan fingerprint density at radius 3 is 2.21 bits per heavy atom. The number of phenolic OH excluding ortho intramolecular Hbond substituents is 1. The number of alkyl halides is 3. The zero-order valence-corrected chi connectivity index (χ0v) is 33.6. The predicted molar refractivity (Wildman–Crippen MR) is 211 cm³/mol. The monoisotopic (exact) mass is 813 g/mol. The summed E-state index contributed by atoms with van der Waals surface area (Å²) in [5, 5.41) is 30.4. The zero-order chi connectivity index (χ0) is 41.9. The van der Waals surface area contributed by atoms with Gasteiger partial charge in [-0.1, -0.05) is 107 Å². The fraction of sp³-hybridized carbons (Fsp3) is 0.578. The summed E-state index contributed by atoms with van der Waals surface area (Å²) in [6.45, 7) is 2.98. The molecular weight excluding hydrogens is 755 g/mol. The molecule has 0 saturated carbocycles. The lowest BCUT2D eigenvalue weighted by Crippen LogP contribution is -2.74. The van der Waals surface area contributed by atoms with Gasteiger partial charge >= 0.3 is 24.1 Å². The van der Waals surface area contributed by atoms with Crippen LogP contribution in [-0.4, -0.2) is 75.6 Å². The Morgan fingerprint density at radius 2 is 1.57 bits per heavy atom. The second-order valence-corrected chi connectivity index (χ2v) is 15.9. The Kier molecular flexibility index (Phi) is 15.5. The largest absolute Gasteiger partial charge is 0.504 e. The molecule has 4 aliphatic rings. The van der Waals surface area contributed by atoms with Crippen LogP contribution >= 0.6 is 0 Å². The Hall–Kier alpha value is -4.36. The maximum atomic E-state index is 13.9. The second kappa shape index (κ2) is 20.1. The number of unbranched alkanes of at least 4 members (excludes halogenated alkanes) is 11. The number of phenols is 1. The third-order valence-electron chi connectivity index (χ3n) is 12.0. The molecule has 5 atom stereocenters. The molecule has 1 unspecified atom stereocenters. The number of hydrogen-bond donors (Lipinski definition) is 3. The Balaban J connectivity index is 0.000000839. The lowest BCUT2D eigenvalue weighted by molar-refractivity contribution is -0.192. The number of ether oxygens (including phenoxy) is 3. The Bertz CT molecular complexity index is 1780. The van der Waals surface area contributed by atoms with E-state index in [2.05, 4.69) is 24.0 Å². The maximum absolute atomic E-state index is 13.9. The summed E-state index contributed by atoms with van der Waals surface area (Å²) in [5.74, 6) is -3.26. The van der Waals surface area contributed by atoms with Crippen molar-refractivity contribution in [2.24, 2.45) is 0 Å². The summed E-state index contributed by atoms with van der Waals surface area (Å²) in [5.41, 5.74) is 0.345. The summed E-state index contributed by atoms with van der Waals surface area (Å²) in [7, 11) is 2.03. The number of rotatable bonds is 19. The molecule has 0 radical (unpaired) electrons. The average Bonchev–Trinajstić information content (AvgIpc) is 3.55. The summed E-state index contributed by atoms with van der Waals surface area (Å²) < 4.78 is 50.1. The molecule has 13 heteroatoms. The Labute approximate surface area is 339 Å². The van der Waals surface area contributed by atoms with Crippen molar-refractivity contribution in [3.05, 3.63) is 83.1 Å². The van der Waals surface area contributed by atoms with Crippen molar-refractivity contribution >= 4 is 17.9 Å². The molecule has 2 bridgehead atoms. The molecule has 0 amide bonds. The molecule has 2 aromatic carbocycles. The number of nitrogens with zero attached hydrogens (tertiary/aromatic N) is 1. The lowest BCUT2D eigenvalue weighted by Gasteiger charge is -2.61. The van der Waals surface area contributed by atoms with Crippen molar-refractivity contribution in [2.75, 3.05) is 13.6 Å². The number of carbonyl (C=O) groups is 3. The number of likely N-dealkylation sites (N-methyl/N-ethyl adjacent to an activating group) is 1. The molecule has 2 aliphatic heterocycles. The van der Waals surface area contributed by atoms with Crippen LogP contribution in [0.3, 0.4) is 0 Å². The Morgan fingerprint density at radius 1 is 0.948 bits per heavy atom. The molecule has 2 aliphatic carbocycles. The lowest BCUT2D eigenvalue weighted by atomic mass is 9.50. The molecule has 1 saturated heterocycles. The van der Waals surface area contributed by atoms with Crippen molar-refractivity contribution < 1.29 is 57.1 Å². The van der Waals surface area contributed by atoms with Crippen molar-refractivity contribution in [1.82, 2.24) is 4.90 Å². The predicted octanol–water partition coefficient (Wildman–Crippen LogP) is 9.17. The van der Waals surface area contributed by atoms with E-state index in [-0.39, 0.29) is 30.4 Å². The third-order valence-corrected chi connectivity index (χ3v) is 12.0. The van der Waals surface area contributed by atoms with E-state index in [1.807, 2.05) is 19.2 Å². The van der Waals surface area contributed by atoms with Gasteiger partial charge in [-0.3, -0.25) is 4.79 Å². The number of aliphatic hydroxyl groups is 1. The van der Waals surface area contributed by atoms with Gasteiger partial charge in [-0.15, -0.1) is 0 Å². The van der Waals surface area contributed by atoms with Gasteiger partial charge in [-0.05, 0) is 76.2 Å². The van der Waals surface area contributed by atoms with Crippen LogP contribution in [0, 0.1) is 0 Å². The van der Waals surface area contributed by atoms with E-state index in [0.717, 1.165) is 49.8 Å². The van der Waals surface area contributed by atoms with Crippen LogP contribution in [0.1, 0.15) is 132 Å². The van der Waals surface area contributed by atoms with Crippen LogP contribution in [0.25, 0.3) is 0 Å². The van der Waals surface area contributed by atoms with Gasteiger partial charge in [0.05, 0.1) is 11.0 Å². The molecule has 6 rings (SSSR count). The summed E-state index contributed by atoms with van der Waals surface area (Å²) in [6, 6.07) is 12.4. The van der Waals surface area contributed by atoms with Gasteiger partial charge < -0.3 is 34.4 Å². The highest BCUT2D eigenvalue weighted by Gasteiger charge is 2.72. The maximum Gasteiger partial charge on any atom is 0.490 e. The first kappa shape index (κ1) is 44.7. The molecule has 1 fully saturated rings. The van der Waals surface area contributed by atoms with E-state index < -0.39 is 47.3 Å². The molecule has 3 N–H and O–H groups in total. The molecule has 0 aromatic heterocycles. The molecule has 318 valence electrons. The number of carboxylic acids is 1. The van der Waals surface area contributed by atoms with Gasteiger partial charge in [0.15, 0.2) is 17.6 Å². The van der Waals surface area contributed by atoms with Crippen molar-refractivity contribution in [3.8, 4) is 11.5 Å². The van der Waals surface area contributed by atoms with E-state index >= 15 is 0 Å². The highest BCUT2D eigenvalue weighted by Crippen LogP contribution is 2.65. The topological polar surface area (TPSA) is 143 Å². The minimum Gasteiger partial charge on any atom is -0.504 e. The fourth-order valence-corrected chi connectivity index (χ4v) is 9.02. The van der Waals surface area contributed by atoms with Gasteiger partial charge in [0, 0.05) is 30.0 Å². The molecule has 2 heterocycles.